The van der Waals surface area contributed by atoms with Crippen molar-refractivity contribution in [3.63, 3.8) is 0 Å². The maximum atomic E-state index is 5.68. The first kappa shape index (κ1) is 17.0. The van der Waals surface area contributed by atoms with Crippen LogP contribution in [-0.4, -0.2) is 26.8 Å². The van der Waals surface area contributed by atoms with Gasteiger partial charge in [-0.05, 0) is 56.0 Å². The zero-order chi connectivity index (χ0) is 14.6. The van der Waals surface area contributed by atoms with E-state index in [4.69, 9.17) is 9.47 Å². The maximum Gasteiger partial charge on any atom is 0.118 e. The predicted octanol–water partition coefficient (Wildman–Crippen LogP) is 3.63. The van der Waals surface area contributed by atoms with Crippen molar-refractivity contribution >= 4 is 0 Å². The SMILES string of the molecule is COc1ccc(COCCCCCNCC(C)C)cc1. The van der Waals surface area contributed by atoms with E-state index in [2.05, 4.69) is 31.3 Å². The van der Waals surface area contributed by atoms with Crippen LogP contribution in [0.1, 0.15) is 38.7 Å². The Bertz CT molecular complexity index is 335. The summed E-state index contributed by atoms with van der Waals surface area (Å²) in [4.78, 5) is 0. The van der Waals surface area contributed by atoms with Crippen molar-refractivity contribution in [3.8, 4) is 5.75 Å². The van der Waals surface area contributed by atoms with Gasteiger partial charge in [-0.25, -0.2) is 0 Å². The average molecular weight is 279 g/mol. The maximum absolute atomic E-state index is 5.68. The van der Waals surface area contributed by atoms with E-state index in [0.29, 0.717) is 6.61 Å². The fourth-order valence-electron chi connectivity index (χ4n) is 1.93. The standard InChI is InChI=1S/C17H29NO2/c1-15(2)13-18-11-5-4-6-12-20-14-16-7-9-17(19-3)10-8-16/h7-10,15,18H,4-6,11-14H2,1-3H3. The summed E-state index contributed by atoms with van der Waals surface area (Å²) in [5, 5.41) is 3.46. The number of rotatable bonds is 11. The van der Waals surface area contributed by atoms with Crippen molar-refractivity contribution in [2.45, 2.75) is 39.7 Å². The van der Waals surface area contributed by atoms with Crippen LogP contribution in [0.4, 0.5) is 0 Å². The Kier molecular flexibility index (Phi) is 9.09. The van der Waals surface area contributed by atoms with Crippen molar-refractivity contribution < 1.29 is 9.47 Å². The summed E-state index contributed by atoms with van der Waals surface area (Å²) in [6.07, 6.45) is 3.60. The number of hydrogen-bond acceptors (Lipinski definition) is 3. The number of methoxy groups -OCH3 is 1. The summed E-state index contributed by atoms with van der Waals surface area (Å²) in [6.45, 7) is 8.25. The second-order valence-corrected chi connectivity index (χ2v) is 5.56. The molecule has 3 heteroatoms. The van der Waals surface area contributed by atoms with Crippen LogP contribution < -0.4 is 10.1 Å². The third-order valence-corrected chi connectivity index (χ3v) is 3.12. The Morgan fingerprint density at radius 1 is 1.05 bits per heavy atom. The molecule has 0 saturated heterocycles. The molecule has 0 aliphatic carbocycles. The molecule has 0 aromatic heterocycles. The zero-order valence-electron chi connectivity index (χ0n) is 13.2. The highest BCUT2D eigenvalue weighted by molar-refractivity contribution is 5.26. The summed E-state index contributed by atoms with van der Waals surface area (Å²) in [5.74, 6) is 1.63. The van der Waals surface area contributed by atoms with Gasteiger partial charge in [-0.2, -0.15) is 0 Å². The third-order valence-electron chi connectivity index (χ3n) is 3.12. The van der Waals surface area contributed by atoms with Gasteiger partial charge >= 0.3 is 0 Å². The molecule has 0 radical (unpaired) electrons. The molecule has 1 aromatic rings. The molecule has 0 unspecified atom stereocenters. The Labute approximate surface area is 123 Å². The number of unbranched alkanes of at least 4 members (excludes halogenated alkanes) is 2. The summed E-state index contributed by atoms with van der Waals surface area (Å²) in [5.41, 5.74) is 1.20. The lowest BCUT2D eigenvalue weighted by Crippen LogP contribution is -2.20. The minimum atomic E-state index is 0.690. The van der Waals surface area contributed by atoms with Crippen molar-refractivity contribution in [1.82, 2.24) is 5.32 Å². The molecular formula is C17H29NO2. The first-order chi connectivity index (χ1) is 9.72. The van der Waals surface area contributed by atoms with E-state index in [1.807, 2.05) is 12.1 Å². The van der Waals surface area contributed by atoms with Crippen LogP contribution in [0.3, 0.4) is 0 Å². The van der Waals surface area contributed by atoms with Crippen LogP contribution in [0.25, 0.3) is 0 Å². The summed E-state index contributed by atoms with van der Waals surface area (Å²) >= 11 is 0. The van der Waals surface area contributed by atoms with Crippen molar-refractivity contribution in [1.29, 1.82) is 0 Å². The van der Waals surface area contributed by atoms with Crippen LogP contribution in [0, 0.1) is 5.92 Å². The molecule has 0 heterocycles. The molecule has 0 fully saturated rings. The Hall–Kier alpha value is -1.06. The Morgan fingerprint density at radius 2 is 1.80 bits per heavy atom. The quantitative estimate of drug-likeness (QED) is 0.627. The lowest BCUT2D eigenvalue weighted by molar-refractivity contribution is 0.117. The van der Waals surface area contributed by atoms with Crippen LogP contribution in [-0.2, 0) is 11.3 Å². The molecule has 0 saturated carbocycles. The van der Waals surface area contributed by atoms with E-state index in [1.54, 1.807) is 7.11 Å². The van der Waals surface area contributed by atoms with E-state index in [9.17, 15) is 0 Å². The van der Waals surface area contributed by atoms with Gasteiger partial charge in [0, 0.05) is 6.61 Å². The molecular weight excluding hydrogens is 250 g/mol. The molecule has 0 bridgehead atoms. The van der Waals surface area contributed by atoms with Gasteiger partial charge in [0.05, 0.1) is 13.7 Å². The minimum Gasteiger partial charge on any atom is -0.497 e. The van der Waals surface area contributed by atoms with E-state index >= 15 is 0 Å². The molecule has 0 aliphatic rings. The molecule has 1 rings (SSSR count). The smallest absolute Gasteiger partial charge is 0.118 e. The second-order valence-electron chi connectivity index (χ2n) is 5.56. The average Bonchev–Trinajstić information content (AvgIpc) is 2.46. The van der Waals surface area contributed by atoms with Crippen molar-refractivity contribution in [2.75, 3.05) is 26.8 Å². The van der Waals surface area contributed by atoms with Gasteiger partial charge in [-0.1, -0.05) is 26.0 Å². The topological polar surface area (TPSA) is 30.5 Å². The van der Waals surface area contributed by atoms with E-state index in [-0.39, 0.29) is 0 Å². The zero-order valence-corrected chi connectivity index (χ0v) is 13.2. The van der Waals surface area contributed by atoms with Crippen molar-refractivity contribution in [3.05, 3.63) is 29.8 Å². The lowest BCUT2D eigenvalue weighted by Gasteiger charge is -2.07. The normalized spacial score (nSPS) is 11.0. The first-order valence-electron chi connectivity index (χ1n) is 7.63. The third kappa shape index (κ3) is 8.18. The van der Waals surface area contributed by atoms with E-state index in [0.717, 1.165) is 37.8 Å². The van der Waals surface area contributed by atoms with Crippen LogP contribution in [0.2, 0.25) is 0 Å². The summed E-state index contributed by atoms with van der Waals surface area (Å²) < 4.78 is 10.8. The highest BCUT2D eigenvalue weighted by Crippen LogP contribution is 2.12. The fourth-order valence-corrected chi connectivity index (χ4v) is 1.93. The monoisotopic (exact) mass is 279 g/mol. The number of hydrogen-bond donors (Lipinski definition) is 1. The molecule has 0 amide bonds. The highest BCUT2D eigenvalue weighted by atomic mass is 16.5. The van der Waals surface area contributed by atoms with Gasteiger partial charge < -0.3 is 14.8 Å². The highest BCUT2D eigenvalue weighted by Gasteiger charge is 1.96. The minimum absolute atomic E-state index is 0.690. The molecule has 114 valence electrons. The van der Waals surface area contributed by atoms with Gasteiger partial charge in [0.25, 0.3) is 0 Å². The first-order valence-corrected chi connectivity index (χ1v) is 7.63. The van der Waals surface area contributed by atoms with Gasteiger partial charge in [-0.3, -0.25) is 0 Å². The molecule has 0 atom stereocenters. The Balaban J connectivity index is 1.94. The molecule has 0 aliphatic heterocycles. The van der Waals surface area contributed by atoms with Gasteiger partial charge in [0.2, 0.25) is 0 Å². The van der Waals surface area contributed by atoms with Crippen LogP contribution in [0.15, 0.2) is 24.3 Å². The largest absolute Gasteiger partial charge is 0.497 e. The van der Waals surface area contributed by atoms with E-state index < -0.39 is 0 Å². The molecule has 3 nitrogen and oxygen atoms in total. The number of benzene rings is 1. The summed E-state index contributed by atoms with van der Waals surface area (Å²) in [6, 6.07) is 8.04. The Morgan fingerprint density at radius 3 is 2.45 bits per heavy atom. The second kappa shape index (κ2) is 10.7. The van der Waals surface area contributed by atoms with Crippen LogP contribution >= 0.6 is 0 Å². The molecule has 0 spiro atoms. The van der Waals surface area contributed by atoms with Gasteiger partial charge in [-0.15, -0.1) is 0 Å². The molecule has 20 heavy (non-hydrogen) atoms. The fraction of sp³-hybridized carbons (Fsp3) is 0.647. The number of nitrogens with one attached hydrogen (secondary N) is 1. The lowest BCUT2D eigenvalue weighted by atomic mass is 10.2. The van der Waals surface area contributed by atoms with Gasteiger partial charge in [0.1, 0.15) is 5.75 Å². The van der Waals surface area contributed by atoms with E-state index in [1.165, 1.54) is 18.4 Å². The van der Waals surface area contributed by atoms with Crippen LogP contribution in [0.5, 0.6) is 5.75 Å². The number of ether oxygens (including phenoxy) is 2. The van der Waals surface area contributed by atoms with Crippen molar-refractivity contribution in [2.24, 2.45) is 5.92 Å². The summed E-state index contributed by atoms with van der Waals surface area (Å²) in [7, 11) is 1.68. The molecule has 1 N–H and O–H groups in total. The molecule has 1 aromatic carbocycles. The van der Waals surface area contributed by atoms with Gasteiger partial charge in [0.15, 0.2) is 0 Å². The predicted molar refractivity (Wildman–Crippen MR) is 84.2 cm³/mol.